The van der Waals surface area contributed by atoms with E-state index in [1.807, 2.05) is 0 Å². The van der Waals surface area contributed by atoms with Gasteiger partial charge in [0.15, 0.2) is 0 Å². The van der Waals surface area contributed by atoms with E-state index in [2.05, 4.69) is 228 Å². The summed E-state index contributed by atoms with van der Waals surface area (Å²) in [6, 6.07) is 80.1. The Balaban J connectivity index is 1.14. The lowest BCUT2D eigenvalue weighted by atomic mass is 9.99. The van der Waals surface area contributed by atoms with Crippen LogP contribution in [0.3, 0.4) is 0 Å². The van der Waals surface area contributed by atoms with Crippen molar-refractivity contribution in [2.45, 2.75) is 0 Å². The Morgan fingerprint density at radius 2 is 0.914 bits per heavy atom. The van der Waals surface area contributed by atoms with Crippen LogP contribution in [0.15, 0.2) is 218 Å². The van der Waals surface area contributed by atoms with Gasteiger partial charge in [-0.1, -0.05) is 164 Å². The second-order valence-electron chi connectivity index (χ2n) is 15.3. The third kappa shape index (κ3) is 4.99. The molecular weight excluding hydrogens is 701 g/mol. The molecule has 0 bridgehead atoms. The van der Waals surface area contributed by atoms with E-state index < -0.39 is 0 Å². The number of aromatic nitrogens is 1. The summed E-state index contributed by atoms with van der Waals surface area (Å²) >= 11 is 0. The van der Waals surface area contributed by atoms with Crippen molar-refractivity contribution in [2.24, 2.45) is 0 Å². The minimum atomic E-state index is 1.09. The predicted octanol–water partition coefficient (Wildman–Crippen LogP) is 15.5. The van der Waals surface area contributed by atoms with E-state index in [9.17, 15) is 0 Å². The summed E-state index contributed by atoms with van der Waals surface area (Å²) in [5, 5.41) is 7.62. The smallest absolute Gasteiger partial charge is 0.0547 e. The summed E-state index contributed by atoms with van der Waals surface area (Å²) in [4.78, 5) is 2.45. The number of rotatable bonds is 6. The monoisotopic (exact) mass is 736 g/mol. The summed E-state index contributed by atoms with van der Waals surface area (Å²) in [7, 11) is 0. The highest BCUT2D eigenvalue weighted by molar-refractivity contribution is 6.21. The average Bonchev–Trinajstić information content (AvgIpc) is 3.81. The van der Waals surface area contributed by atoms with Crippen molar-refractivity contribution in [3.63, 3.8) is 0 Å². The van der Waals surface area contributed by atoms with Crippen LogP contribution in [0.1, 0.15) is 0 Å². The zero-order valence-electron chi connectivity index (χ0n) is 31.7. The second-order valence-corrected chi connectivity index (χ2v) is 15.3. The van der Waals surface area contributed by atoms with Crippen molar-refractivity contribution in [1.29, 1.82) is 0 Å². The van der Waals surface area contributed by atoms with Gasteiger partial charge in [0.05, 0.1) is 16.7 Å². The minimum Gasteiger partial charge on any atom is -0.310 e. The van der Waals surface area contributed by atoms with Crippen LogP contribution < -0.4 is 4.90 Å². The van der Waals surface area contributed by atoms with Gasteiger partial charge in [-0.15, -0.1) is 0 Å². The van der Waals surface area contributed by atoms with Crippen molar-refractivity contribution < 1.29 is 0 Å². The standard InChI is InChI=1S/C56H36N2/c1-3-15-37(16-4-1)40-20-13-22-42(33-40)57(44-34-41-21-14-27-48-46-24-9-10-25-47(46)51(36-44)55(41)48)43-30-32-53(50(35-43)38-17-5-2-6-18-38)58-52-28-12-11-26-49(52)56-45-23-8-7-19-39(45)29-31-54(56)58/h1-36H. The fourth-order valence-electron chi connectivity index (χ4n) is 9.54. The molecule has 0 fully saturated rings. The number of para-hydroxylation sites is 1. The molecule has 2 heteroatoms. The van der Waals surface area contributed by atoms with Crippen molar-refractivity contribution in [3.05, 3.63) is 218 Å². The molecule has 0 unspecified atom stereocenters. The van der Waals surface area contributed by atoms with Crippen LogP contribution in [0.2, 0.25) is 0 Å². The lowest BCUT2D eigenvalue weighted by Gasteiger charge is -2.28. The number of hydrogen-bond donors (Lipinski definition) is 0. The van der Waals surface area contributed by atoms with Gasteiger partial charge in [-0.25, -0.2) is 0 Å². The zero-order chi connectivity index (χ0) is 38.2. The molecule has 1 heterocycles. The topological polar surface area (TPSA) is 8.17 Å². The third-order valence-corrected chi connectivity index (χ3v) is 12.1. The SMILES string of the molecule is c1ccc(-c2cccc(N(c3ccc(-n4c5ccccc5c5c6ccccc6ccc54)c(-c4ccccc4)c3)c3cc4c5c(cccc5c3)-c3ccccc3-4)c2)cc1. The van der Waals surface area contributed by atoms with Gasteiger partial charge in [0.25, 0.3) is 0 Å². The molecule has 0 spiro atoms. The Bertz CT molecular complexity index is 3390. The highest BCUT2D eigenvalue weighted by Crippen LogP contribution is 2.51. The Labute approximate surface area is 337 Å². The summed E-state index contributed by atoms with van der Waals surface area (Å²) in [5.41, 5.74) is 16.7. The molecule has 58 heavy (non-hydrogen) atoms. The first kappa shape index (κ1) is 32.6. The van der Waals surface area contributed by atoms with Crippen LogP contribution in [0, 0.1) is 0 Å². The molecule has 270 valence electrons. The number of nitrogens with zero attached hydrogens (tertiary/aromatic N) is 2. The predicted molar refractivity (Wildman–Crippen MR) is 246 cm³/mol. The first-order valence-electron chi connectivity index (χ1n) is 20.0. The van der Waals surface area contributed by atoms with Crippen LogP contribution in [-0.2, 0) is 0 Å². The lowest BCUT2D eigenvalue weighted by molar-refractivity contribution is 1.18. The molecule has 0 saturated heterocycles. The van der Waals surface area contributed by atoms with Crippen LogP contribution in [-0.4, -0.2) is 4.57 Å². The van der Waals surface area contributed by atoms with Gasteiger partial charge < -0.3 is 9.47 Å². The summed E-state index contributed by atoms with van der Waals surface area (Å²) in [5.74, 6) is 0. The van der Waals surface area contributed by atoms with Crippen LogP contribution in [0.4, 0.5) is 17.1 Å². The fraction of sp³-hybridized carbons (Fsp3) is 0. The minimum absolute atomic E-state index is 1.09. The molecule has 0 amide bonds. The highest BCUT2D eigenvalue weighted by Gasteiger charge is 2.25. The molecule has 0 saturated carbocycles. The van der Waals surface area contributed by atoms with Crippen LogP contribution >= 0.6 is 0 Å². The van der Waals surface area contributed by atoms with E-state index in [-0.39, 0.29) is 0 Å². The van der Waals surface area contributed by atoms with E-state index >= 15 is 0 Å². The Kier molecular flexibility index (Phi) is 7.26. The van der Waals surface area contributed by atoms with Gasteiger partial charge in [-0.05, 0) is 115 Å². The van der Waals surface area contributed by atoms with Crippen LogP contribution in [0.5, 0.6) is 0 Å². The van der Waals surface area contributed by atoms with Gasteiger partial charge >= 0.3 is 0 Å². The number of anilines is 3. The molecule has 2 nitrogen and oxygen atoms in total. The van der Waals surface area contributed by atoms with Gasteiger partial charge in [-0.2, -0.15) is 0 Å². The quantitative estimate of drug-likeness (QED) is 0.165. The first-order valence-corrected chi connectivity index (χ1v) is 20.0. The van der Waals surface area contributed by atoms with Crippen molar-refractivity contribution >= 4 is 60.4 Å². The Morgan fingerprint density at radius 3 is 1.76 bits per heavy atom. The maximum Gasteiger partial charge on any atom is 0.0547 e. The maximum absolute atomic E-state index is 2.47. The van der Waals surface area contributed by atoms with Gasteiger partial charge in [-0.3, -0.25) is 0 Å². The molecule has 11 aromatic rings. The van der Waals surface area contributed by atoms with E-state index in [4.69, 9.17) is 0 Å². The van der Waals surface area contributed by atoms with Gasteiger partial charge in [0.2, 0.25) is 0 Å². The maximum atomic E-state index is 2.47. The molecule has 10 aromatic carbocycles. The summed E-state index contributed by atoms with van der Waals surface area (Å²) in [6.07, 6.45) is 0. The largest absolute Gasteiger partial charge is 0.310 e. The van der Waals surface area contributed by atoms with E-state index in [1.54, 1.807) is 0 Å². The molecule has 1 aromatic heterocycles. The molecule has 1 aliphatic carbocycles. The zero-order valence-corrected chi connectivity index (χ0v) is 31.7. The van der Waals surface area contributed by atoms with E-state index in [1.165, 1.54) is 82.3 Å². The van der Waals surface area contributed by atoms with E-state index in [0.717, 1.165) is 28.3 Å². The molecular formula is C56H36N2. The Morgan fingerprint density at radius 1 is 0.293 bits per heavy atom. The fourth-order valence-corrected chi connectivity index (χ4v) is 9.54. The van der Waals surface area contributed by atoms with Gasteiger partial charge in [0, 0.05) is 33.4 Å². The second kappa shape index (κ2) is 12.9. The lowest BCUT2D eigenvalue weighted by Crippen LogP contribution is -2.11. The molecule has 0 aliphatic heterocycles. The van der Waals surface area contributed by atoms with Crippen molar-refractivity contribution in [1.82, 2.24) is 4.57 Å². The number of benzene rings is 10. The van der Waals surface area contributed by atoms with Gasteiger partial charge in [0.1, 0.15) is 0 Å². The number of hydrogen-bond acceptors (Lipinski definition) is 1. The summed E-state index contributed by atoms with van der Waals surface area (Å²) in [6.45, 7) is 0. The summed E-state index contributed by atoms with van der Waals surface area (Å²) < 4.78 is 2.47. The molecule has 0 N–H and O–H groups in total. The molecule has 12 rings (SSSR count). The van der Waals surface area contributed by atoms with E-state index in [0.29, 0.717) is 0 Å². The average molecular weight is 737 g/mol. The number of fused-ring (bicyclic) bond motifs is 8. The normalized spacial score (nSPS) is 11.8. The Hall–Kier alpha value is -7.68. The molecule has 1 aliphatic rings. The van der Waals surface area contributed by atoms with Crippen molar-refractivity contribution in [2.75, 3.05) is 4.90 Å². The van der Waals surface area contributed by atoms with Crippen molar-refractivity contribution in [3.8, 4) is 50.2 Å². The van der Waals surface area contributed by atoms with Crippen LogP contribution in [0.25, 0.3) is 93.5 Å². The first-order chi connectivity index (χ1) is 28.8. The molecule has 0 radical (unpaired) electrons. The molecule has 0 atom stereocenters. The third-order valence-electron chi connectivity index (χ3n) is 12.1. The highest BCUT2D eigenvalue weighted by atomic mass is 15.1.